The Kier molecular flexibility index (Phi) is 5.10. The van der Waals surface area contributed by atoms with Gasteiger partial charge in [-0.3, -0.25) is 9.59 Å². The molecule has 0 aromatic rings. The number of nitrogens with one attached hydrogen (secondary N) is 2. The number of hydrogen-bond donors (Lipinski definition) is 2. The van der Waals surface area contributed by atoms with E-state index < -0.39 is 0 Å². The van der Waals surface area contributed by atoms with Gasteiger partial charge in [-0.2, -0.15) is 0 Å². The molecule has 0 aliphatic rings. The third kappa shape index (κ3) is 6.79. The van der Waals surface area contributed by atoms with Gasteiger partial charge in [0, 0.05) is 14.0 Å². The van der Waals surface area contributed by atoms with Crippen LogP contribution in [0.5, 0.6) is 0 Å². The summed E-state index contributed by atoms with van der Waals surface area (Å²) in [6, 6.07) is 0. The Labute approximate surface area is 65.1 Å². The molecule has 0 radical (unpaired) electrons. The molecule has 0 atom stereocenters. The number of amides is 2. The molecule has 0 heterocycles. The summed E-state index contributed by atoms with van der Waals surface area (Å²) in [4.78, 5) is 20.9. The van der Waals surface area contributed by atoms with Crippen LogP contribution in [0.1, 0.15) is 6.92 Å². The van der Waals surface area contributed by atoms with E-state index in [1.165, 1.54) is 14.0 Å². The molecule has 0 unspecified atom stereocenters. The Morgan fingerprint density at radius 2 is 2.00 bits per heavy atom. The third-order valence-electron chi connectivity index (χ3n) is 0.898. The van der Waals surface area contributed by atoms with Crippen molar-refractivity contribution in [2.75, 3.05) is 20.4 Å². The highest BCUT2D eigenvalue weighted by Gasteiger charge is 1.97. The maximum Gasteiger partial charge on any atom is 0.247 e. The van der Waals surface area contributed by atoms with Gasteiger partial charge in [0.25, 0.3) is 0 Å². The van der Waals surface area contributed by atoms with Crippen LogP contribution in [0.15, 0.2) is 0 Å². The molecular weight excluding hydrogens is 148 g/mol. The highest BCUT2D eigenvalue weighted by molar-refractivity contribution is 5.78. The number of ether oxygens (including phenoxy) is 1. The first-order chi connectivity index (χ1) is 5.16. The largest absolute Gasteiger partial charge is 0.375 e. The van der Waals surface area contributed by atoms with Crippen molar-refractivity contribution < 1.29 is 14.3 Å². The van der Waals surface area contributed by atoms with Gasteiger partial charge in [-0.25, -0.2) is 0 Å². The standard InChI is InChI=1S/C6H12N2O3/c1-5(9)7-4-8-6(10)3-11-2/h3-4H2,1-2H3,(H,7,9)(H,8,10). The predicted molar refractivity (Wildman–Crippen MR) is 38.7 cm³/mol. The minimum absolute atomic E-state index is 0.0135. The van der Waals surface area contributed by atoms with E-state index in [4.69, 9.17) is 0 Å². The molecule has 64 valence electrons. The summed E-state index contributed by atoms with van der Waals surface area (Å²) < 4.78 is 4.54. The monoisotopic (exact) mass is 160 g/mol. The second-order valence-corrected chi connectivity index (χ2v) is 1.94. The van der Waals surface area contributed by atoms with E-state index >= 15 is 0 Å². The van der Waals surface area contributed by atoms with E-state index in [0.717, 1.165) is 0 Å². The first kappa shape index (κ1) is 9.90. The smallest absolute Gasteiger partial charge is 0.247 e. The summed E-state index contributed by atoms with van der Waals surface area (Å²) in [5, 5.41) is 4.83. The molecule has 0 aromatic carbocycles. The molecule has 2 N–H and O–H groups in total. The minimum atomic E-state index is -0.249. The Bertz CT molecular complexity index is 147. The van der Waals surface area contributed by atoms with Gasteiger partial charge < -0.3 is 15.4 Å². The second kappa shape index (κ2) is 5.67. The Morgan fingerprint density at radius 1 is 1.36 bits per heavy atom. The average molecular weight is 160 g/mol. The van der Waals surface area contributed by atoms with Crippen LogP contribution in [-0.2, 0) is 14.3 Å². The van der Waals surface area contributed by atoms with Crippen LogP contribution in [0.25, 0.3) is 0 Å². The SMILES string of the molecule is COCC(=O)NCNC(C)=O. The number of rotatable bonds is 4. The predicted octanol–water partition coefficient (Wildman–Crippen LogP) is -1.16. The summed E-state index contributed by atoms with van der Waals surface area (Å²) in [5.74, 6) is -0.427. The van der Waals surface area contributed by atoms with Crippen LogP contribution in [0, 0.1) is 0 Å². The van der Waals surface area contributed by atoms with Crippen molar-refractivity contribution in [3.63, 3.8) is 0 Å². The van der Waals surface area contributed by atoms with Crippen LogP contribution in [0.4, 0.5) is 0 Å². The molecule has 11 heavy (non-hydrogen) atoms. The van der Waals surface area contributed by atoms with Gasteiger partial charge in [0.1, 0.15) is 6.61 Å². The van der Waals surface area contributed by atoms with Crippen molar-refractivity contribution in [3.05, 3.63) is 0 Å². The Hall–Kier alpha value is -1.10. The molecule has 0 saturated heterocycles. The Morgan fingerprint density at radius 3 is 2.45 bits per heavy atom. The van der Waals surface area contributed by atoms with Crippen LogP contribution in [0.2, 0.25) is 0 Å². The lowest BCUT2D eigenvalue weighted by atomic mass is 10.6. The van der Waals surface area contributed by atoms with E-state index in [1.807, 2.05) is 0 Å². The van der Waals surface area contributed by atoms with Gasteiger partial charge in [-0.15, -0.1) is 0 Å². The van der Waals surface area contributed by atoms with E-state index in [-0.39, 0.29) is 25.1 Å². The number of carbonyl (C=O) groups excluding carboxylic acids is 2. The summed E-state index contributed by atoms with van der Waals surface area (Å²) in [6.45, 7) is 1.54. The fourth-order valence-corrected chi connectivity index (χ4v) is 0.449. The van der Waals surface area contributed by atoms with Gasteiger partial charge in [-0.1, -0.05) is 0 Å². The van der Waals surface area contributed by atoms with Gasteiger partial charge in [-0.05, 0) is 0 Å². The number of hydrogen-bond acceptors (Lipinski definition) is 3. The molecule has 0 aromatic heterocycles. The average Bonchev–Trinajstić information content (AvgIpc) is 1.87. The first-order valence-corrected chi connectivity index (χ1v) is 3.17. The van der Waals surface area contributed by atoms with E-state index in [9.17, 15) is 9.59 Å². The van der Waals surface area contributed by atoms with E-state index in [1.54, 1.807) is 0 Å². The molecule has 0 rings (SSSR count). The lowest BCUT2D eigenvalue weighted by Gasteiger charge is -2.03. The van der Waals surface area contributed by atoms with Crippen molar-refractivity contribution in [1.82, 2.24) is 10.6 Å². The quantitative estimate of drug-likeness (QED) is 0.510. The summed E-state index contributed by atoms with van der Waals surface area (Å²) in [7, 11) is 1.43. The molecule has 0 fully saturated rings. The van der Waals surface area contributed by atoms with Crippen LogP contribution in [-0.4, -0.2) is 32.2 Å². The normalized spacial score (nSPS) is 8.91. The molecular formula is C6H12N2O3. The zero-order chi connectivity index (χ0) is 8.69. The number of methoxy groups -OCH3 is 1. The van der Waals surface area contributed by atoms with E-state index in [0.29, 0.717) is 0 Å². The van der Waals surface area contributed by atoms with Crippen LogP contribution >= 0.6 is 0 Å². The summed E-state index contributed by atoms with van der Waals surface area (Å²) in [6.07, 6.45) is 0. The van der Waals surface area contributed by atoms with Gasteiger partial charge in [0.05, 0.1) is 6.67 Å². The molecule has 0 aliphatic heterocycles. The third-order valence-corrected chi connectivity index (χ3v) is 0.898. The fraction of sp³-hybridized carbons (Fsp3) is 0.667. The molecule has 0 saturated carbocycles. The van der Waals surface area contributed by atoms with Crippen molar-refractivity contribution in [1.29, 1.82) is 0 Å². The minimum Gasteiger partial charge on any atom is -0.375 e. The molecule has 0 bridgehead atoms. The molecule has 0 spiro atoms. The van der Waals surface area contributed by atoms with Gasteiger partial charge >= 0.3 is 0 Å². The maximum absolute atomic E-state index is 10.6. The molecule has 5 nitrogen and oxygen atoms in total. The molecule has 2 amide bonds. The summed E-state index contributed by atoms with van der Waals surface area (Å²) >= 11 is 0. The second-order valence-electron chi connectivity index (χ2n) is 1.94. The lowest BCUT2D eigenvalue weighted by Crippen LogP contribution is -2.37. The topological polar surface area (TPSA) is 67.4 Å². The number of carbonyl (C=O) groups is 2. The molecule has 5 heteroatoms. The zero-order valence-corrected chi connectivity index (χ0v) is 6.64. The van der Waals surface area contributed by atoms with Crippen molar-refractivity contribution in [2.24, 2.45) is 0 Å². The van der Waals surface area contributed by atoms with Crippen LogP contribution < -0.4 is 10.6 Å². The Balaban J connectivity index is 3.24. The lowest BCUT2D eigenvalue weighted by molar-refractivity contribution is -0.125. The van der Waals surface area contributed by atoms with Crippen molar-refractivity contribution in [3.8, 4) is 0 Å². The van der Waals surface area contributed by atoms with Crippen molar-refractivity contribution in [2.45, 2.75) is 6.92 Å². The fourth-order valence-electron chi connectivity index (χ4n) is 0.449. The summed E-state index contributed by atoms with van der Waals surface area (Å²) in [5.41, 5.74) is 0. The van der Waals surface area contributed by atoms with Crippen molar-refractivity contribution >= 4 is 11.8 Å². The highest BCUT2D eigenvalue weighted by atomic mass is 16.5. The van der Waals surface area contributed by atoms with Gasteiger partial charge in [0.15, 0.2) is 0 Å². The van der Waals surface area contributed by atoms with Gasteiger partial charge in [0.2, 0.25) is 11.8 Å². The first-order valence-electron chi connectivity index (χ1n) is 3.17. The highest BCUT2D eigenvalue weighted by Crippen LogP contribution is 1.66. The zero-order valence-electron chi connectivity index (χ0n) is 6.64. The van der Waals surface area contributed by atoms with Crippen LogP contribution in [0.3, 0.4) is 0 Å². The van der Waals surface area contributed by atoms with E-state index in [2.05, 4.69) is 15.4 Å². The molecule has 0 aliphatic carbocycles. The maximum atomic E-state index is 10.6.